The van der Waals surface area contributed by atoms with Crippen molar-refractivity contribution in [2.75, 3.05) is 0 Å². The summed E-state index contributed by atoms with van der Waals surface area (Å²) in [6.45, 7) is 6.22. The van der Waals surface area contributed by atoms with Gasteiger partial charge in [0.25, 0.3) is 0 Å². The molecule has 7 heteroatoms. The lowest BCUT2D eigenvalue weighted by atomic mass is 10.1. The van der Waals surface area contributed by atoms with Gasteiger partial charge in [0, 0.05) is 46.1 Å². The third-order valence-electron chi connectivity index (χ3n) is 5.10. The van der Waals surface area contributed by atoms with Gasteiger partial charge in [0.1, 0.15) is 5.69 Å². The maximum absolute atomic E-state index is 4.60. The number of allylic oxidation sites excluding steroid dienone is 1. The van der Waals surface area contributed by atoms with Crippen molar-refractivity contribution in [3.05, 3.63) is 71.1 Å². The Morgan fingerprint density at radius 3 is 2.90 bits per heavy atom. The smallest absolute Gasteiger partial charge is 0.116 e. The molecule has 0 bridgehead atoms. The molecule has 0 saturated heterocycles. The molecule has 0 aliphatic carbocycles. The third kappa shape index (κ3) is 3.09. The first-order valence-electron chi connectivity index (χ1n) is 9.55. The molecule has 5 heterocycles. The average molecular weight is 413 g/mol. The Balaban J connectivity index is 1.68. The second-order valence-corrected chi connectivity index (χ2v) is 8.02. The van der Waals surface area contributed by atoms with Crippen molar-refractivity contribution in [1.29, 1.82) is 0 Å². The molecule has 5 rings (SSSR count). The molecule has 0 amide bonds. The van der Waals surface area contributed by atoms with Crippen LogP contribution in [-0.2, 0) is 7.05 Å². The molecule has 0 unspecified atom stereocenters. The number of aromatic nitrogens is 6. The first-order valence-corrected chi connectivity index (χ1v) is 10.4. The van der Waals surface area contributed by atoms with Gasteiger partial charge < -0.3 is 4.98 Å². The number of rotatable bonds is 4. The SMILES string of the molecule is C=C(/C=c1/c(-c2cc3c(-c4cccs4)cncc3[nH]2)n[nH]/c1=C/C)c1cnn(C)c1. The monoisotopic (exact) mass is 412 g/mol. The number of nitrogens with zero attached hydrogens (tertiary/aromatic N) is 4. The van der Waals surface area contributed by atoms with Gasteiger partial charge in [0.05, 0.1) is 29.0 Å². The second-order valence-electron chi connectivity index (χ2n) is 7.07. The minimum absolute atomic E-state index is 0.849. The zero-order valence-electron chi connectivity index (χ0n) is 16.7. The summed E-state index contributed by atoms with van der Waals surface area (Å²) in [6.07, 6.45) is 11.6. The lowest BCUT2D eigenvalue weighted by Crippen LogP contribution is -2.23. The van der Waals surface area contributed by atoms with Crippen LogP contribution in [0.2, 0.25) is 0 Å². The molecule has 0 saturated carbocycles. The van der Waals surface area contributed by atoms with Gasteiger partial charge in [-0.15, -0.1) is 11.3 Å². The Labute approximate surface area is 176 Å². The first kappa shape index (κ1) is 18.3. The summed E-state index contributed by atoms with van der Waals surface area (Å²) >= 11 is 1.71. The number of fused-ring (bicyclic) bond motifs is 1. The zero-order valence-corrected chi connectivity index (χ0v) is 17.5. The van der Waals surface area contributed by atoms with Crippen LogP contribution in [0.1, 0.15) is 12.5 Å². The Bertz CT molecular complexity index is 1480. The van der Waals surface area contributed by atoms with Gasteiger partial charge in [0.2, 0.25) is 0 Å². The Hall–Kier alpha value is -3.71. The predicted molar refractivity (Wildman–Crippen MR) is 123 cm³/mol. The number of H-pyrrole nitrogens is 2. The fraction of sp³-hybridized carbons (Fsp3) is 0.0870. The maximum Gasteiger partial charge on any atom is 0.116 e. The topological polar surface area (TPSA) is 75.2 Å². The number of hydrogen-bond acceptors (Lipinski definition) is 4. The van der Waals surface area contributed by atoms with Crippen LogP contribution in [-0.4, -0.2) is 29.9 Å². The minimum Gasteiger partial charge on any atom is -0.352 e. The molecular formula is C23H20N6S. The molecule has 148 valence electrons. The molecular weight excluding hydrogens is 392 g/mol. The van der Waals surface area contributed by atoms with Crippen LogP contribution in [0.4, 0.5) is 0 Å². The van der Waals surface area contributed by atoms with Crippen LogP contribution in [0, 0.1) is 0 Å². The van der Waals surface area contributed by atoms with E-state index < -0.39 is 0 Å². The van der Waals surface area contributed by atoms with Gasteiger partial charge in [-0.1, -0.05) is 18.7 Å². The van der Waals surface area contributed by atoms with E-state index in [4.69, 9.17) is 0 Å². The zero-order chi connectivity index (χ0) is 20.7. The summed E-state index contributed by atoms with van der Waals surface area (Å²) < 4.78 is 1.77. The Morgan fingerprint density at radius 2 is 2.17 bits per heavy atom. The molecule has 0 aromatic carbocycles. The second kappa shape index (κ2) is 7.27. The van der Waals surface area contributed by atoms with Crippen molar-refractivity contribution in [2.24, 2.45) is 7.05 Å². The molecule has 0 aliphatic heterocycles. The molecule has 5 aromatic heterocycles. The Morgan fingerprint density at radius 1 is 1.27 bits per heavy atom. The maximum atomic E-state index is 4.60. The highest BCUT2D eigenvalue weighted by Crippen LogP contribution is 2.32. The van der Waals surface area contributed by atoms with Gasteiger partial charge in [-0.25, -0.2) is 0 Å². The van der Waals surface area contributed by atoms with Crippen LogP contribution >= 0.6 is 11.3 Å². The minimum atomic E-state index is 0.849. The van der Waals surface area contributed by atoms with Crippen LogP contribution in [0.5, 0.6) is 0 Å². The van der Waals surface area contributed by atoms with Crippen molar-refractivity contribution < 1.29 is 0 Å². The Kier molecular flexibility index (Phi) is 4.44. The first-order chi connectivity index (χ1) is 14.6. The number of pyridine rings is 1. The van der Waals surface area contributed by atoms with E-state index >= 15 is 0 Å². The van der Waals surface area contributed by atoms with Crippen molar-refractivity contribution >= 4 is 40.0 Å². The summed E-state index contributed by atoms with van der Waals surface area (Å²) in [5.74, 6) is 0. The molecule has 0 spiro atoms. The van der Waals surface area contributed by atoms with E-state index in [1.807, 2.05) is 44.8 Å². The van der Waals surface area contributed by atoms with Gasteiger partial charge in [-0.3, -0.25) is 14.8 Å². The van der Waals surface area contributed by atoms with E-state index in [2.05, 4.69) is 61.5 Å². The molecule has 0 aliphatic rings. The molecule has 0 radical (unpaired) electrons. The standard InChI is InChI=1S/C23H20N6S/c1-4-19-17(8-14(2)15-10-25-29(3)13-15)23(28-27-19)20-9-16-18(22-6-5-7-30-22)11-24-12-21(16)26-20/h4-13,26-27H,2H2,1,3H3/b17-8+,19-4+. The van der Waals surface area contributed by atoms with Crippen molar-refractivity contribution in [1.82, 2.24) is 29.9 Å². The number of thiophene rings is 1. The summed E-state index contributed by atoms with van der Waals surface area (Å²) in [6, 6.07) is 6.32. The van der Waals surface area contributed by atoms with Crippen molar-refractivity contribution in [3.63, 3.8) is 0 Å². The highest BCUT2D eigenvalue weighted by Gasteiger charge is 2.13. The highest BCUT2D eigenvalue weighted by molar-refractivity contribution is 7.13. The van der Waals surface area contributed by atoms with E-state index in [9.17, 15) is 0 Å². The largest absolute Gasteiger partial charge is 0.352 e. The van der Waals surface area contributed by atoms with Crippen LogP contribution < -0.4 is 10.6 Å². The lowest BCUT2D eigenvalue weighted by Gasteiger charge is -1.98. The van der Waals surface area contributed by atoms with Crippen molar-refractivity contribution in [2.45, 2.75) is 6.92 Å². The number of nitrogens with one attached hydrogen (secondary N) is 2. The molecule has 0 atom stereocenters. The normalized spacial score (nSPS) is 12.9. The number of hydrogen-bond donors (Lipinski definition) is 2. The molecule has 30 heavy (non-hydrogen) atoms. The van der Waals surface area contributed by atoms with Crippen molar-refractivity contribution in [3.8, 4) is 21.8 Å². The van der Waals surface area contributed by atoms with Crippen LogP contribution in [0.3, 0.4) is 0 Å². The molecule has 5 aromatic rings. The molecule has 6 nitrogen and oxygen atoms in total. The quantitative estimate of drug-likeness (QED) is 0.473. The highest BCUT2D eigenvalue weighted by atomic mass is 32.1. The van der Waals surface area contributed by atoms with E-state index in [0.29, 0.717) is 0 Å². The summed E-state index contributed by atoms with van der Waals surface area (Å²) in [5.41, 5.74) is 5.75. The predicted octanol–water partition coefficient (Wildman–Crippen LogP) is 3.71. The summed E-state index contributed by atoms with van der Waals surface area (Å²) in [7, 11) is 1.90. The number of aryl methyl sites for hydroxylation is 1. The van der Waals surface area contributed by atoms with Gasteiger partial charge in [-0.05, 0) is 36.1 Å². The van der Waals surface area contributed by atoms with Gasteiger partial charge in [-0.2, -0.15) is 10.2 Å². The third-order valence-corrected chi connectivity index (χ3v) is 6.01. The van der Waals surface area contributed by atoms with E-state index in [1.165, 1.54) is 4.88 Å². The molecule has 0 fully saturated rings. The summed E-state index contributed by atoms with van der Waals surface area (Å²) in [5, 5.41) is 17.1. The fourth-order valence-electron chi connectivity index (χ4n) is 3.59. The van der Waals surface area contributed by atoms with Gasteiger partial charge in [0.15, 0.2) is 0 Å². The molecule has 2 N–H and O–H groups in total. The summed E-state index contributed by atoms with van der Waals surface area (Å²) in [4.78, 5) is 9.10. The number of aromatic amines is 2. The van der Waals surface area contributed by atoms with E-state index in [1.54, 1.807) is 16.0 Å². The van der Waals surface area contributed by atoms with E-state index in [0.717, 1.165) is 49.6 Å². The van der Waals surface area contributed by atoms with Crippen LogP contribution in [0.15, 0.2) is 54.9 Å². The lowest BCUT2D eigenvalue weighted by molar-refractivity contribution is 0.767. The average Bonchev–Trinajstić information content (AvgIpc) is 3.53. The van der Waals surface area contributed by atoms with Crippen LogP contribution in [0.25, 0.3) is 50.5 Å². The van der Waals surface area contributed by atoms with E-state index in [-0.39, 0.29) is 0 Å². The van der Waals surface area contributed by atoms with Gasteiger partial charge >= 0.3 is 0 Å². The fourth-order valence-corrected chi connectivity index (χ4v) is 4.34.